The summed E-state index contributed by atoms with van der Waals surface area (Å²) in [5.41, 5.74) is 2.46. The molecule has 0 saturated carbocycles. The predicted molar refractivity (Wildman–Crippen MR) is 459 cm³/mol. The number of carbonyl (C=O) groups is 8. The van der Waals surface area contributed by atoms with Crippen molar-refractivity contribution >= 4 is 161 Å². The van der Waals surface area contributed by atoms with E-state index < -0.39 is 175 Å². The van der Waals surface area contributed by atoms with E-state index in [9.17, 15) is 99.2 Å². The minimum atomic E-state index is -1.58. The average molecular weight is 1780 g/mol. The highest BCUT2D eigenvalue weighted by atomic mass is 32.2. The number of benzene rings is 8. The molecule has 648 valence electrons. The molecule has 8 aromatic carbocycles. The number of aliphatic carboxylic acids is 4. The number of para-hydroxylation sites is 4. The number of rotatable bonds is 48. The molecule has 4 heterocycles. The summed E-state index contributed by atoms with van der Waals surface area (Å²) in [6, 6.07) is 45.1. The molecule has 4 aromatic heterocycles. The molecule has 0 bridgehead atoms. The molecule has 0 aliphatic heterocycles. The highest BCUT2D eigenvalue weighted by molar-refractivity contribution is 8.00. The number of nitro groups is 4. The lowest BCUT2D eigenvalue weighted by Gasteiger charge is -2.33. The molecule has 0 fully saturated rings. The predicted octanol–water partition coefficient (Wildman–Crippen LogP) is 13.0. The van der Waals surface area contributed by atoms with Crippen LogP contribution in [0.3, 0.4) is 0 Å². The van der Waals surface area contributed by atoms with Gasteiger partial charge in [0.15, 0.2) is 0 Å². The van der Waals surface area contributed by atoms with Gasteiger partial charge in [0.2, 0.25) is 23.6 Å². The van der Waals surface area contributed by atoms with Crippen LogP contribution in [-0.2, 0) is 83.0 Å². The van der Waals surface area contributed by atoms with Crippen LogP contribution in [0.4, 0.5) is 22.7 Å². The second-order valence-corrected chi connectivity index (χ2v) is 33.0. The summed E-state index contributed by atoms with van der Waals surface area (Å²) >= 11 is 4.76. The van der Waals surface area contributed by atoms with Crippen LogP contribution in [0.2, 0.25) is 0 Å². The maximum Gasteiger partial charge on any atom is 0.326 e. The first-order valence-electron chi connectivity index (χ1n) is 38.6. The van der Waals surface area contributed by atoms with Gasteiger partial charge in [-0.25, -0.2) is 19.2 Å². The Balaban J connectivity index is 0.775. The number of carbonyl (C=O) groups excluding carboxylic acids is 4. The number of H-pyrrole nitrogens is 4. The van der Waals surface area contributed by atoms with Crippen LogP contribution in [0.25, 0.3) is 43.6 Å². The summed E-state index contributed by atoms with van der Waals surface area (Å²) in [6.45, 7) is -3.55. The van der Waals surface area contributed by atoms with Gasteiger partial charge in [-0.15, -0.1) is 0 Å². The maximum absolute atomic E-state index is 14.0. The topological polar surface area (TPSA) is 538 Å². The number of carboxylic acid groups (broad SMARTS) is 4. The lowest BCUT2D eigenvalue weighted by Crippen LogP contribution is -2.45. The zero-order chi connectivity index (χ0) is 88.8. The number of nitrogens with one attached hydrogen (secondary N) is 8. The number of nitro benzene ring substituents is 4. The Kier molecular flexibility index (Phi) is 30.9. The van der Waals surface area contributed by atoms with Crippen molar-refractivity contribution in [2.75, 3.05) is 52.9 Å². The Morgan fingerprint density at radius 3 is 0.688 bits per heavy atom. The molecule has 0 radical (unpaired) electrons. The molecule has 0 saturated heterocycles. The van der Waals surface area contributed by atoms with E-state index in [2.05, 4.69) is 41.2 Å². The van der Waals surface area contributed by atoms with Gasteiger partial charge >= 0.3 is 23.9 Å². The largest absolute Gasteiger partial charge is 0.480 e. The molecular weight excluding hydrogens is 1700 g/mol. The molecule has 12 aromatic rings. The third-order valence-electron chi connectivity index (χ3n) is 19.9. The Hall–Kier alpha value is -13.5. The second-order valence-electron chi connectivity index (χ2n) is 28.7. The van der Waals surface area contributed by atoms with E-state index in [4.69, 9.17) is 18.9 Å². The van der Waals surface area contributed by atoms with Crippen molar-refractivity contribution in [3.8, 4) is 0 Å². The second kappa shape index (κ2) is 42.5. The fourth-order valence-electron chi connectivity index (χ4n) is 13.6. The molecule has 4 atom stereocenters. The van der Waals surface area contributed by atoms with E-state index >= 15 is 0 Å². The lowest BCUT2D eigenvalue weighted by molar-refractivity contribution is -0.385. The van der Waals surface area contributed by atoms with Crippen LogP contribution in [0.1, 0.15) is 47.9 Å². The molecular formula is C85H80N12O24S4. The number of hydrogen-bond acceptors (Lipinski definition) is 24. The first-order chi connectivity index (χ1) is 60.1. The minimum Gasteiger partial charge on any atom is -0.480 e. The molecule has 0 aliphatic rings. The van der Waals surface area contributed by atoms with Crippen LogP contribution in [0.5, 0.6) is 0 Å². The van der Waals surface area contributed by atoms with E-state index in [0.29, 0.717) is 106 Å². The van der Waals surface area contributed by atoms with Crippen molar-refractivity contribution in [2.24, 2.45) is 5.41 Å². The minimum absolute atomic E-state index is 0.143. The number of ether oxygens (including phenoxy) is 4. The molecule has 40 heteroatoms. The SMILES string of the molecule is O=C(CCOCC(COCCC(=O)NC(Cc1c(Sc2ccc([N+](=O)[O-])cc2)[nH]c2ccccc12)C(=O)O)(COCCC(=O)NC(Cc1c(Sc2ccc([N+](=O)[O-])cc2)[nH]c2ccccc12)C(=O)O)COCCC(=O)NC(Cc1c(Sc2ccc([N+](=O)[O-])cc2)[nH]c2ccccc12)C(=O)O)NC(Cc1c(Sc2ccc([N+](=O)[O-])cc2)[nH]c2ccccc12)C(=O)O. The zero-order valence-corrected chi connectivity index (χ0v) is 69.2. The van der Waals surface area contributed by atoms with Gasteiger partial charge in [-0.05, 0) is 95.1 Å². The van der Waals surface area contributed by atoms with Crippen molar-refractivity contribution in [1.82, 2.24) is 41.2 Å². The van der Waals surface area contributed by atoms with E-state index in [1.807, 2.05) is 0 Å². The molecule has 125 heavy (non-hydrogen) atoms. The first-order valence-corrected chi connectivity index (χ1v) is 41.9. The Labute approximate surface area is 725 Å². The van der Waals surface area contributed by atoms with Crippen LogP contribution >= 0.6 is 47.0 Å². The summed E-state index contributed by atoms with van der Waals surface area (Å²) in [5, 5.41) is 103. The van der Waals surface area contributed by atoms with Crippen LogP contribution in [-0.4, -0.2) is 185 Å². The third-order valence-corrected chi connectivity index (χ3v) is 24.1. The van der Waals surface area contributed by atoms with E-state index in [1.54, 1.807) is 146 Å². The van der Waals surface area contributed by atoms with Crippen LogP contribution in [0, 0.1) is 45.9 Å². The summed E-state index contributed by atoms with van der Waals surface area (Å²) in [6.07, 6.45) is -2.83. The molecule has 0 spiro atoms. The molecule has 36 nitrogen and oxygen atoms in total. The number of fused-ring (bicyclic) bond motifs is 4. The molecule has 4 unspecified atom stereocenters. The van der Waals surface area contributed by atoms with E-state index in [1.165, 1.54) is 95.6 Å². The van der Waals surface area contributed by atoms with Gasteiger partial charge in [-0.3, -0.25) is 59.6 Å². The van der Waals surface area contributed by atoms with Gasteiger partial charge < -0.3 is 80.6 Å². The summed E-state index contributed by atoms with van der Waals surface area (Å²) in [4.78, 5) is 168. The van der Waals surface area contributed by atoms with Gasteiger partial charge in [-0.1, -0.05) is 120 Å². The number of aromatic amines is 4. The zero-order valence-electron chi connectivity index (χ0n) is 66.0. The standard InChI is InChI=1S/C85H80N12O24S4/c98-73(86-69(81(102)103)41-61-57-9-1-5-13-65(57)90-77(61)122-53-25-17-49(18-26-53)94(110)111)33-37-118-45-85(46-119-38-34-74(99)87-70(82(104)105)42-62-58-10-2-6-14-66(58)91-78(62)123-54-27-19-50(20-28-54)95(112)113,47-120-39-35-75(100)88-71(83(106)107)43-63-59-11-3-7-15-67(59)92-79(63)124-55-29-21-51(22-30-55)96(114)115)48-121-40-36-76(101)89-72(84(108)109)44-64-60-12-4-8-16-68(60)93-80(64)125-56-31-23-52(24-32-56)97(116)117/h1-32,69-72,90-93H,33-48H2,(H,86,98)(H,87,99)(H,88,100)(H,89,101)(H,102,103)(H,104,105)(H,106,107)(H,108,109). The summed E-state index contributed by atoms with van der Waals surface area (Å²) in [5.74, 6) is -8.72. The molecule has 0 aliphatic carbocycles. The molecule has 12 N–H and O–H groups in total. The number of non-ortho nitro benzene ring substituents is 4. The Morgan fingerprint density at radius 1 is 0.312 bits per heavy atom. The van der Waals surface area contributed by atoms with Crippen molar-refractivity contribution < 1.29 is 97.4 Å². The van der Waals surface area contributed by atoms with Crippen LogP contribution < -0.4 is 21.3 Å². The fraction of sp³-hybridized carbons (Fsp3) is 0.247. The normalized spacial score (nSPS) is 12.9. The highest BCUT2D eigenvalue weighted by Crippen LogP contribution is 2.41. The fourth-order valence-corrected chi connectivity index (χ4v) is 17.6. The van der Waals surface area contributed by atoms with Gasteiger partial charge in [0, 0.05) is 163 Å². The highest BCUT2D eigenvalue weighted by Gasteiger charge is 2.36. The van der Waals surface area contributed by atoms with Crippen molar-refractivity contribution in [1.29, 1.82) is 0 Å². The number of amides is 4. The molecule has 4 amide bonds. The van der Waals surface area contributed by atoms with E-state index in [-0.39, 0.29) is 48.4 Å². The maximum atomic E-state index is 14.0. The smallest absolute Gasteiger partial charge is 0.326 e. The van der Waals surface area contributed by atoms with E-state index in [0.717, 1.165) is 0 Å². The first kappa shape index (κ1) is 90.7. The van der Waals surface area contributed by atoms with Gasteiger partial charge in [0.25, 0.3) is 22.7 Å². The number of carboxylic acids is 4. The Bertz CT molecular complexity index is 5260. The van der Waals surface area contributed by atoms with Crippen molar-refractivity contribution in [3.63, 3.8) is 0 Å². The lowest BCUT2D eigenvalue weighted by atomic mass is 9.92. The number of aromatic nitrogens is 4. The summed E-state index contributed by atoms with van der Waals surface area (Å²) in [7, 11) is 0. The Morgan fingerprint density at radius 2 is 0.504 bits per heavy atom. The van der Waals surface area contributed by atoms with Gasteiger partial charge in [-0.2, -0.15) is 0 Å². The third kappa shape index (κ3) is 24.5. The number of nitrogens with zero attached hydrogens (tertiary/aromatic N) is 4. The summed E-state index contributed by atoms with van der Waals surface area (Å²) < 4.78 is 25.0. The van der Waals surface area contributed by atoms with Crippen molar-refractivity contribution in [3.05, 3.63) is 257 Å². The van der Waals surface area contributed by atoms with Crippen LogP contribution in [0.15, 0.2) is 234 Å². The quantitative estimate of drug-likeness (QED) is 0.00957. The van der Waals surface area contributed by atoms with Gasteiger partial charge in [0.05, 0.1) is 98.1 Å². The van der Waals surface area contributed by atoms with Gasteiger partial charge in [0.1, 0.15) is 24.2 Å². The van der Waals surface area contributed by atoms with Crippen molar-refractivity contribution in [2.45, 2.75) is 115 Å². The molecule has 12 rings (SSSR count). The number of hydrogen-bond donors (Lipinski definition) is 12. The average Bonchev–Trinajstić information content (AvgIpc) is 1.66. The monoisotopic (exact) mass is 1780 g/mol.